The van der Waals surface area contributed by atoms with Gasteiger partial charge in [-0.05, 0) is 15.9 Å². The fraction of sp³-hybridized carbons (Fsp3) is 0. The summed E-state index contributed by atoms with van der Waals surface area (Å²) in [5, 5.41) is 10.4. The molecule has 5 nitrogen and oxygen atoms in total. The van der Waals surface area contributed by atoms with Crippen molar-refractivity contribution in [1.82, 2.24) is 9.97 Å². The summed E-state index contributed by atoms with van der Waals surface area (Å²) in [6.45, 7) is 0. The number of nitrogens with one attached hydrogen (secondary N) is 1. The molecule has 1 aromatic heterocycles. The minimum atomic E-state index is -0.908. The zero-order chi connectivity index (χ0) is 10.3. The third kappa shape index (κ3) is 1.17. The van der Waals surface area contributed by atoms with Crippen LogP contribution in [0.25, 0.3) is 11.0 Å². The molecule has 0 radical (unpaired) electrons. The number of H-pyrrole nitrogens is 1. The fourth-order valence-electron chi connectivity index (χ4n) is 1.14. The van der Waals surface area contributed by atoms with Gasteiger partial charge < -0.3 is 4.98 Å². The smallest absolute Gasteiger partial charge is 0.308 e. The van der Waals surface area contributed by atoms with Crippen LogP contribution in [0, 0.1) is 15.9 Å². The van der Waals surface area contributed by atoms with E-state index in [9.17, 15) is 14.5 Å². The Morgan fingerprint density at radius 2 is 2.36 bits per heavy atom. The van der Waals surface area contributed by atoms with E-state index in [1.54, 1.807) is 0 Å². The van der Waals surface area contributed by atoms with Gasteiger partial charge in [-0.25, -0.2) is 4.98 Å². The first-order valence-corrected chi connectivity index (χ1v) is 4.36. The normalized spacial score (nSPS) is 10.7. The Morgan fingerprint density at radius 3 is 3.00 bits per heavy atom. The number of hydrogen-bond acceptors (Lipinski definition) is 3. The molecule has 0 unspecified atom stereocenters. The van der Waals surface area contributed by atoms with Gasteiger partial charge in [0, 0.05) is 6.07 Å². The molecule has 0 aliphatic rings. The van der Waals surface area contributed by atoms with Crippen LogP contribution in [0.4, 0.5) is 10.1 Å². The summed E-state index contributed by atoms with van der Waals surface area (Å²) in [5.41, 5.74) is 0.187. The van der Waals surface area contributed by atoms with Crippen molar-refractivity contribution in [1.29, 1.82) is 0 Å². The number of nitro groups is 1. The van der Waals surface area contributed by atoms with Gasteiger partial charge in [0.25, 0.3) is 0 Å². The summed E-state index contributed by atoms with van der Waals surface area (Å²) in [5.74, 6) is -0.908. The molecule has 0 bridgehead atoms. The van der Waals surface area contributed by atoms with E-state index in [1.165, 1.54) is 6.33 Å². The van der Waals surface area contributed by atoms with Gasteiger partial charge in [0.05, 0.1) is 21.2 Å². The molecule has 1 aromatic carbocycles. The van der Waals surface area contributed by atoms with E-state index in [0.29, 0.717) is 11.0 Å². The van der Waals surface area contributed by atoms with Crippen molar-refractivity contribution in [3.05, 3.63) is 32.8 Å². The van der Waals surface area contributed by atoms with Crippen LogP contribution in [0.2, 0.25) is 0 Å². The lowest BCUT2D eigenvalue weighted by molar-refractivity contribution is -0.387. The molecule has 0 atom stereocenters. The maximum Gasteiger partial charge on any atom is 0.308 e. The third-order valence-corrected chi connectivity index (χ3v) is 2.50. The molecule has 0 saturated heterocycles. The highest BCUT2D eigenvalue weighted by Gasteiger charge is 2.21. The molecule has 2 rings (SSSR count). The Kier molecular flexibility index (Phi) is 1.95. The molecular weight excluding hydrogens is 257 g/mol. The average Bonchev–Trinajstić information content (AvgIpc) is 2.58. The van der Waals surface area contributed by atoms with Gasteiger partial charge in [-0.1, -0.05) is 0 Å². The van der Waals surface area contributed by atoms with Crippen molar-refractivity contribution in [2.75, 3.05) is 0 Å². The maximum atomic E-state index is 13.3. The molecule has 7 heteroatoms. The number of nitro benzene ring substituents is 1. The summed E-state index contributed by atoms with van der Waals surface area (Å²) < 4.78 is 13.3. The predicted molar refractivity (Wildman–Crippen MR) is 50.4 cm³/mol. The molecule has 2 aromatic rings. The Hall–Kier alpha value is -1.50. The van der Waals surface area contributed by atoms with E-state index < -0.39 is 16.4 Å². The van der Waals surface area contributed by atoms with Crippen LogP contribution in [0.1, 0.15) is 0 Å². The summed E-state index contributed by atoms with van der Waals surface area (Å²) in [7, 11) is 0. The van der Waals surface area contributed by atoms with Crippen LogP contribution in [0.3, 0.4) is 0 Å². The van der Waals surface area contributed by atoms with E-state index in [4.69, 9.17) is 0 Å². The first-order chi connectivity index (χ1) is 6.61. The number of rotatable bonds is 1. The average molecular weight is 260 g/mol. The van der Waals surface area contributed by atoms with E-state index in [0.717, 1.165) is 6.07 Å². The van der Waals surface area contributed by atoms with Crippen molar-refractivity contribution in [3.8, 4) is 0 Å². The van der Waals surface area contributed by atoms with Gasteiger partial charge in [-0.3, -0.25) is 10.1 Å². The van der Waals surface area contributed by atoms with Crippen LogP contribution >= 0.6 is 15.9 Å². The molecule has 0 spiro atoms. The van der Waals surface area contributed by atoms with Gasteiger partial charge in [0.1, 0.15) is 5.52 Å². The minimum Gasteiger partial charge on any atom is -0.344 e. The summed E-state index contributed by atoms with van der Waals surface area (Å²) in [4.78, 5) is 16.2. The molecule has 1 N–H and O–H groups in total. The molecule has 0 aliphatic heterocycles. The van der Waals surface area contributed by atoms with Crippen molar-refractivity contribution in [3.63, 3.8) is 0 Å². The van der Waals surface area contributed by atoms with Crippen LogP contribution in [-0.2, 0) is 0 Å². The zero-order valence-corrected chi connectivity index (χ0v) is 8.21. The highest BCUT2D eigenvalue weighted by molar-refractivity contribution is 9.10. The Bertz CT molecular complexity index is 525. The SMILES string of the molecule is O=[N+]([O-])c1cc2[nH]cnc2c(Br)c1F. The van der Waals surface area contributed by atoms with E-state index in [2.05, 4.69) is 25.9 Å². The van der Waals surface area contributed by atoms with Gasteiger partial charge in [0.2, 0.25) is 5.82 Å². The lowest BCUT2D eigenvalue weighted by Crippen LogP contribution is -1.93. The fourth-order valence-corrected chi connectivity index (χ4v) is 1.66. The molecule has 0 aliphatic carbocycles. The van der Waals surface area contributed by atoms with Gasteiger partial charge >= 0.3 is 5.69 Å². The van der Waals surface area contributed by atoms with E-state index in [1.807, 2.05) is 0 Å². The molecule has 0 fully saturated rings. The monoisotopic (exact) mass is 259 g/mol. The van der Waals surface area contributed by atoms with Crippen molar-refractivity contribution < 1.29 is 9.31 Å². The van der Waals surface area contributed by atoms with E-state index >= 15 is 0 Å². The Morgan fingerprint density at radius 1 is 1.64 bits per heavy atom. The second-order valence-corrected chi connectivity index (χ2v) is 3.37. The number of halogens is 2. The Balaban J connectivity index is 2.87. The third-order valence-electron chi connectivity index (χ3n) is 1.77. The van der Waals surface area contributed by atoms with E-state index in [-0.39, 0.29) is 4.47 Å². The van der Waals surface area contributed by atoms with Gasteiger partial charge in [0.15, 0.2) is 0 Å². The van der Waals surface area contributed by atoms with Crippen LogP contribution < -0.4 is 0 Å². The minimum absolute atomic E-state index is 0.00273. The molecule has 72 valence electrons. The van der Waals surface area contributed by atoms with Gasteiger partial charge in [-0.15, -0.1) is 0 Å². The number of aromatic amines is 1. The highest BCUT2D eigenvalue weighted by atomic mass is 79.9. The van der Waals surface area contributed by atoms with Crippen molar-refractivity contribution in [2.45, 2.75) is 0 Å². The van der Waals surface area contributed by atoms with Gasteiger partial charge in [-0.2, -0.15) is 4.39 Å². The second-order valence-electron chi connectivity index (χ2n) is 2.58. The van der Waals surface area contributed by atoms with Crippen molar-refractivity contribution in [2.24, 2.45) is 0 Å². The number of aromatic nitrogens is 2. The molecular formula is C7H3BrFN3O2. The lowest BCUT2D eigenvalue weighted by atomic mass is 10.2. The maximum absolute atomic E-state index is 13.3. The summed E-state index contributed by atoms with van der Waals surface area (Å²) in [6, 6.07) is 1.11. The quantitative estimate of drug-likeness (QED) is 0.631. The summed E-state index contributed by atoms with van der Waals surface area (Å²) in [6.07, 6.45) is 1.35. The number of nitrogens with zero attached hydrogens (tertiary/aromatic N) is 2. The zero-order valence-electron chi connectivity index (χ0n) is 6.62. The molecule has 0 saturated carbocycles. The first-order valence-electron chi connectivity index (χ1n) is 3.56. The lowest BCUT2D eigenvalue weighted by Gasteiger charge is -1.97. The molecule has 1 heterocycles. The molecule has 14 heavy (non-hydrogen) atoms. The first kappa shape index (κ1) is 9.07. The topological polar surface area (TPSA) is 71.8 Å². The molecule has 0 amide bonds. The number of fused-ring (bicyclic) bond motifs is 1. The standard InChI is InChI=1S/C7H3BrFN3O2/c8-5-6(9)4(12(13)14)1-3-7(5)11-2-10-3/h1-2H,(H,10,11). The van der Waals surface area contributed by atoms with Crippen LogP contribution in [0.15, 0.2) is 16.9 Å². The second kappa shape index (κ2) is 3.02. The number of hydrogen-bond donors (Lipinski definition) is 1. The van der Waals surface area contributed by atoms with Crippen LogP contribution in [-0.4, -0.2) is 14.9 Å². The van der Waals surface area contributed by atoms with Crippen LogP contribution in [0.5, 0.6) is 0 Å². The summed E-state index contributed by atoms with van der Waals surface area (Å²) >= 11 is 2.92. The Labute approximate surface area is 85.2 Å². The number of imidazole rings is 1. The largest absolute Gasteiger partial charge is 0.344 e. The number of benzene rings is 1. The van der Waals surface area contributed by atoms with Crippen molar-refractivity contribution >= 4 is 32.7 Å². The predicted octanol–water partition coefficient (Wildman–Crippen LogP) is 2.37. The highest BCUT2D eigenvalue weighted by Crippen LogP contribution is 2.31.